The topological polar surface area (TPSA) is 112 Å². The summed E-state index contributed by atoms with van der Waals surface area (Å²) >= 11 is 3.76. The summed E-state index contributed by atoms with van der Waals surface area (Å²) in [5.74, 6) is -0.132. The molecule has 2 aromatic rings. The number of thioether (sulfide) groups is 2. The zero-order chi connectivity index (χ0) is 28.8. The van der Waals surface area contributed by atoms with E-state index in [1.807, 2.05) is 28.4 Å². The van der Waals surface area contributed by atoms with E-state index < -0.39 is 28.4 Å². The van der Waals surface area contributed by atoms with Gasteiger partial charge in [0, 0.05) is 65.6 Å². The van der Waals surface area contributed by atoms with Crippen molar-refractivity contribution in [2.75, 3.05) is 41.5 Å². The van der Waals surface area contributed by atoms with E-state index in [4.69, 9.17) is 0 Å². The molecule has 0 spiro atoms. The maximum atomic E-state index is 13.5. The van der Waals surface area contributed by atoms with Crippen molar-refractivity contribution in [2.24, 2.45) is 0 Å². The van der Waals surface area contributed by atoms with Crippen LogP contribution in [0.2, 0.25) is 0 Å². The number of fused-ring (bicyclic) bond motifs is 1. The average Bonchev–Trinajstić information content (AvgIpc) is 3.52. The summed E-state index contributed by atoms with van der Waals surface area (Å²) in [6.07, 6.45) is -3.44. The molecule has 15 heteroatoms. The maximum Gasteiger partial charge on any atom is 0.423 e. The van der Waals surface area contributed by atoms with Crippen molar-refractivity contribution in [1.29, 1.82) is 0 Å². The molecule has 1 N–H and O–H groups in total. The molecule has 3 aliphatic heterocycles. The summed E-state index contributed by atoms with van der Waals surface area (Å²) in [4.78, 5) is 45.4. The third-order valence-electron chi connectivity index (χ3n) is 7.36. The fourth-order valence-electron chi connectivity index (χ4n) is 5.25. The molecule has 1 unspecified atom stereocenters. The lowest BCUT2D eigenvalue weighted by Crippen LogP contribution is -2.59. The van der Waals surface area contributed by atoms with Gasteiger partial charge in [0.2, 0.25) is 0 Å². The largest absolute Gasteiger partial charge is 0.423 e. The third kappa shape index (κ3) is 5.66. The van der Waals surface area contributed by atoms with Gasteiger partial charge in [-0.15, -0.1) is 23.5 Å². The summed E-state index contributed by atoms with van der Waals surface area (Å²) in [5.41, 5.74) is -1.39. The zero-order valence-electron chi connectivity index (χ0n) is 21.6. The van der Waals surface area contributed by atoms with Crippen molar-refractivity contribution in [3.63, 3.8) is 0 Å². The van der Waals surface area contributed by atoms with Gasteiger partial charge in [0.05, 0.1) is 16.8 Å². The second-order valence-electron chi connectivity index (χ2n) is 10.1. The molecule has 1 aromatic heterocycles. The van der Waals surface area contributed by atoms with Gasteiger partial charge in [-0.3, -0.25) is 14.9 Å². The molecule has 1 aromatic carbocycles. The Balaban J connectivity index is 1.22. The van der Waals surface area contributed by atoms with E-state index in [1.165, 1.54) is 12.3 Å². The highest BCUT2D eigenvalue weighted by molar-refractivity contribution is 8.19. The first-order chi connectivity index (χ1) is 18.9. The fraction of sp³-hybridized carbons (Fsp3) is 0.480. The molecule has 5 rings (SSSR count). The predicted molar refractivity (Wildman–Crippen MR) is 148 cm³/mol. The Bertz CT molecular complexity index is 1300. The van der Waals surface area contributed by atoms with Gasteiger partial charge in [-0.25, -0.2) is 9.78 Å². The van der Waals surface area contributed by atoms with E-state index in [2.05, 4.69) is 10.3 Å². The van der Waals surface area contributed by atoms with Crippen LogP contribution in [0.3, 0.4) is 0 Å². The molecule has 10 nitrogen and oxygen atoms in total. The number of hydrogen-bond acceptors (Lipinski definition) is 8. The number of amides is 3. The standard InChI is InChI=1S/C25H27F3N6O4S2/c1-14-10-33(15(2)9-32(14)17-4-6-20(34(37)38)18(7-17)25(26,27)28)24(36)30-16-3-5-19(29-8-16)23(35)31-11-21-22(12-31)40-13-39-21/h3-8,14-15,21-22H,9-13H2,1-2H3,(H,30,36)/t14-,15+,21-,22?/m0/s1. The molecule has 3 saturated heterocycles. The zero-order valence-corrected chi connectivity index (χ0v) is 23.3. The van der Waals surface area contributed by atoms with Crippen LogP contribution in [0, 0.1) is 10.1 Å². The van der Waals surface area contributed by atoms with Gasteiger partial charge >= 0.3 is 12.2 Å². The number of nitro groups is 1. The van der Waals surface area contributed by atoms with Crippen molar-refractivity contribution in [2.45, 2.75) is 42.6 Å². The van der Waals surface area contributed by atoms with Crippen LogP contribution in [-0.2, 0) is 6.18 Å². The van der Waals surface area contributed by atoms with Crippen molar-refractivity contribution in [3.05, 3.63) is 57.9 Å². The highest BCUT2D eigenvalue weighted by atomic mass is 32.2. The van der Waals surface area contributed by atoms with Gasteiger partial charge in [-0.05, 0) is 38.1 Å². The first kappa shape index (κ1) is 28.3. The Morgan fingerprint density at radius 1 is 1.05 bits per heavy atom. The molecule has 3 fully saturated rings. The van der Waals surface area contributed by atoms with E-state index in [1.54, 1.807) is 35.8 Å². The number of likely N-dealkylation sites (tertiary alicyclic amines) is 1. The molecule has 3 aliphatic rings. The van der Waals surface area contributed by atoms with Crippen LogP contribution < -0.4 is 10.2 Å². The third-order valence-corrected chi connectivity index (χ3v) is 10.4. The molecule has 3 amide bonds. The lowest BCUT2D eigenvalue weighted by molar-refractivity contribution is -0.388. The van der Waals surface area contributed by atoms with Crippen molar-refractivity contribution < 1.29 is 27.7 Å². The van der Waals surface area contributed by atoms with Crippen LogP contribution in [-0.4, -0.2) is 85.5 Å². The highest BCUT2D eigenvalue weighted by Crippen LogP contribution is 2.41. The molecule has 40 heavy (non-hydrogen) atoms. The average molecular weight is 597 g/mol. The minimum Gasteiger partial charge on any atom is -0.365 e. The lowest BCUT2D eigenvalue weighted by Gasteiger charge is -2.45. The van der Waals surface area contributed by atoms with Crippen molar-refractivity contribution >= 4 is 52.5 Å². The molecule has 0 aliphatic carbocycles. The molecule has 4 heterocycles. The molecule has 0 saturated carbocycles. The van der Waals surface area contributed by atoms with Crippen LogP contribution in [0.5, 0.6) is 0 Å². The van der Waals surface area contributed by atoms with Crippen LogP contribution in [0.25, 0.3) is 0 Å². The van der Waals surface area contributed by atoms with E-state index in [0.29, 0.717) is 35.0 Å². The second kappa shape index (κ2) is 11.0. The number of benzene rings is 1. The summed E-state index contributed by atoms with van der Waals surface area (Å²) in [6, 6.07) is 5.02. The summed E-state index contributed by atoms with van der Waals surface area (Å²) in [7, 11) is 0. The molecule has 0 bridgehead atoms. The number of nitro benzene ring substituents is 1. The van der Waals surface area contributed by atoms with Gasteiger partial charge < -0.3 is 20.0 Å². The monoisotopic (exact) mass is 596 g/mol. The molecular weight excluding hydrogens is 569 g/mol. The van der Waals surface area contributed by atoms with E-state index in [-0.39, 0.29) is 36.8 Å². The number of hydrogen-bond donors (Lipinski definition) is 1. The lowest BCUT2D eigenvalue weighted by atomic mass is 10.1. The first-order valence-electron chi connectivity index (χ1n) is 12.6. The number of nitrogens with one attached hydrogen (secondary N) is 1. The molecule has 214 valence electrons. The van der Waals surface area contributed by atoms with Crippen molar-refractivity contribution in [1.82, 2.24) is 14.8 Å². The van der Waals surface area contributed by atoms with E-state index in [0.717, 1.165) is 17.2 Å². The van der Waals surface area contributed by atoms with Gasteiger partial charge in [0.15, 0.2) is 0 Å². The Kier molecular flexibility index (Phi) is 7.79. The Morgan fingerprint density at radius 3 is 2.35 bits per heavy atom. The van der Waals surface area contributed by atoms with Crippen LogP contribution in [0.1, 0.15) is 29.9 Å². The SMILES string of the molecule is C[C@@H]1CN(c2ccc([N+](=O)[O-])c(C(F)(F)F)c2)[C@@H](C)CN1C(=O)Nc1ccc(C(=O)N2CC3SCS[C@H]3C2)nc1. The number of piperazine rings is 1. The normalized spacial score (nSPS) is 24.7. The summed E-state index contributed by atoms with van der Waals surface area (Å²) in [6.45, 7) is 5.40. The van der Waals surface area contributed by atoms with Gasteiger partial charge in [-0.1, -0.05) is 0 Å². The number of pyridine rings is 1. The number of halogens is 3. The predicted octanol–water partition coefficient (Wildman–Crippen LogP) is 4.77. The number of carbonyl (C=O) groups is 2. The number of alkyl halides is 3. The van der Waals surface area contributed by atoms with Crippen LogP contribution in [0.15, 0.2) is 36.5 Å². The van der Waals surface area contributed by atoms with Gasteiger partial charge in [-0.2, -0.15) is 13.2 Å². The summed E-state index contributed by atoms with van der Waals surface area (Å²) in [5, 5.41) is 15.9. The Hall–Kier alpha value is -3.20. The molecule has 0 radical (unpaired) electrons. The number of urea groups is 1. The van der Waals surface area contributed by atoms with Crippen molar-refractivity contribution in [3.8, 4) is 0 Å². The molecular formula is C25H27F3N6O4S2. The minimum atomic E-state index is -4.88. The maximum absolute atomic E-state index is 13.5. The smallest absolute Gasteiger partial charge is 0.365 e. The number of nitrogens with zero attached hydrogens (tertiary/aromatic N) is 5. The number of carbonyl (C=O) groups excluding carboxylic acids is 2. The second-order valence-corrected chi connectivity index (χ2v) is 12.9. The highest BCUT2D eigenvalue weighted by Gasteiger charge is 2.41. The van der Waals surface area contributed by atoms with Gasteiger partial charge in [0.25, 0.3) is 11.6 Å². The van der Waals surface area contributed by atoms with E-state index >= 15 is 0 Å². The number of anilines is 2. The Labute approximate surface area is 236 Å². The number of rotatable bonds is 4. The minimum absolute atomic E-state index is 0.132. The molecule has 4 atom stereocenters. The van der Waals surface area contributed by atoms with Crippen LogP contribution >= 0.6 is 23.5 Å². The Morgan fingerprint density at radius 2 is 1.75 bits per heavy atom. The number of aromatic nitrogens is 1. The van der Waals surface area contributed by atoms with Gasteiger partial charge in [0.1, 0.15) is 11.3 Å². The summed E-state index contributed by atoms with van der Waals surface area (Å²) < 4.78 is 40.5. The van der Waals surface area contributed by atoms with E-state index in [9.17, 15) is 32.9 Å². The quantitative estimate of drug-likeness (QED) is 0.397. The first-order valence-corrected chi connectivity index (χ1v) is 14.7. The fourth-order valence-corrected chi connectivity index (χ4v) is 8.61. The van der Waals surface area contributed by atoms with Crippen LogP contribution in [0.4, 0.5) is 35.0 Å².